The maximum absolute atomic E-state index is 13.4. The fourth-order valence-corrected chi connectivity index (χ4v) is 4.62. The summed E-state index contributed by atoms with van der Waals surface area (Å²) in [5, 5.41) is 11.2. The lowest BCUT2D eigenvalue weighted by atomic mass is 9.84. The molecule has 200 valence electrons. The van der Waals surface area contributed by atoms with E-state index in [0.29, 0.717) is 29.0 Å². The average molecular weight is 532 g/mol. The van der Waals surface area contributed by atoms with Crippen LogP contribution in [0.5, 0.6) is 17.2 Å². The lowest BCUT2D eigenvalue weighted by molar-refractivity contribution is 0.0953. The van der Waals surface area contributed by atoms with E-state index in [1.54, 1.807) is 23.1 Å². The molecule has 2 aromatic carbocycles. The Bertz CT molecular complexity index is 1360. The first kappa shape index (κ1) is 28.0. The second kappa shape index (κ2) is 10.4. The van der Waals surface area contributed by atoms with Gasteiger partial charge in [0.1, 0.15) is 11.6 Å². The quantitative estimate of drug-likeness (QED) is 0.372. The number of methoxy groups -OCH3 is 1. The highest BCUT2D eigenvalue weighted by Gasteiger charge is 2.31. The minimum atomic E-state index is -3.88. The van der Waals surface area contributed by atoms with Crippen LogP contribution in [0.1, 0.15) is 65.1 Å². The summed E-state index contributed by atoms with van der Waals surface area (Å²) in [5.41, 5.74) is 1.97. The number of fused-ring (bicyclic) bond motifs is 1. The van der Waals surface area contributed by atoms with Crippen molar-refractivity contribution in [2.75, 3.05) is 33.6 Å². The number of hydrogen-bond donors (Lipinski definition) is 2. The Morgan fingerprint density at radius 1 is 1.14 bits per heavy atom. The van der Waals surface area contributed by atoms with Crippen molar-refractivity contribution in [1.29, 1.82) is 5.41 Å². The SMILES string of the molecule is CCOc1cc2c(cc1C(=O)NC)C(=N)N(CC(=O)c1cc(OS(C)(=O)=O)c(OC)c(C(C)(C)C)c1)C2. The van der Waals surface area contributed by atoms with E-state index in [2.05, 4.69) is 5.32 Å². The van der Waals surface area contributed by atoms with Crippen molar-refractivity contribution in [2.24, 2.45) is 0 Å². The predicted octanol–water partition coefficient (Wildman–Crippen LogP) is 3.11. The maximum atomic E-state index is 13.4. The molecule has 10 nitrogen and oxygen atoms in total. The van der Waals surface area contributed by atoms with Gasteiger partial charge >= 0.3 is 10.1 Å². The molecule has 3 rings (SSSR count). The van der Waals surface area contributed by atoms with Crippen molar-refractivity contribution in [2.45, 2.75) is 39.7 Å². The number of nitrogens with one attached hydrogen (secondary N) is 2. The van der Waals surface area contributed by atoms with Gasteiger partial charge in [-0.2, -0.15) is 8.42 Å². The Kier molecular flexibility index (Phi) is 7.87. The van der Waals surface area contributed by atoms with Crippen LogP contribution in [0.2, 0.25) is 0 Å². The summed E-state index contributed by atoms with van der Waals surface area (Å²) in [6.07, 6.45) is 0.921. The molecular weight excluding hydrogens is 498 g/mol. The Morgan fingerprint density at radius 3 is 2.35 bits per heavy atom. The molecule has 2 aromatic rings. The molecule has 0 radical (unpaired) electrons. The second-order valence-corrected chi connectivity index (χ2v) is 11.3. The molecule has 0 aliphatic carbocycles. The van der Waals surface area contributed by atoms with Gasteiger partial charge in [-0.3, -0.25) is 15.0 Å². The van der Waals surface area contributed by atoms with Crippen molar-refractivity contribution in [3.05, 3.63) is 52.1 Å². The smallest absolute Gasteiger partial charge is 0.306 e. The van der Waals surface area contributed by atoms with Crippen LogP contribution in [-0.2, 0) is 22.1 Å². The van der Waals surface area contributed by atoms with E-state index in [4.69, 9.17) is 19.1 Å². The summed E-state index contributed by atoms with van der Waals surface area (Å²) in [7, 11) is -0.956. The molecule has 0 aromatic heterocycles. The van der Waals surface area contributed by atoms with E-state index < -0.39 is 15.5 Å². The molecule has 0 unspecified atom stereocenters. The lowest BCUT2D eigenvalue weighted by Crippen LogP contribution is -2.30. The molecule has 0 atom stereocenters. The van der Waals surface area contributed by atoms with Gasteiger partial charge < -0.3 is 23.9 Å². The number of amidine groups is 1. The Balaban J connectivity index is 1.97. The normalized spacial score (nSPS) is 13.3. The van der Waals surface area contributed by atoms with Gasteiger partial charge in [-0.25, -0.2) is 0 Å². The highest BCUT2D eigenvalue weighted by Crippen LogP contribution is 2.40. The van der Waals surface area contributed by atoms with Crippen molar-refractivity contribution >= 4 is 27.6 Å². The molecule has 0 spiro atoms. The molecule has 1 amide bonds. The fourth-order valence-electron chi connectivity index (χ4n) is 4.17. The number of Topliss-reactive ketones (excluding diaryl/α,β-unsaturated/α-hetero) is 1. The van der Waals surface area contributed by atoms with Gasteiger partial charge in [-0.05, 0) is 42.2 Å². The van der Waals surface area contributed by atoms with E-state index >= 15 is 0 Å². The van der Waals surface area contributed by atoms with Crippen LogP contribution in [0, 0.1) is 5.41 Å². The lowest BCUT2D eigenvalue weighted by Gasteiger charge is -2.25. The number of carbonyl (C=O) groups is 2. The van der Waals surface area contributed by atoms with Crippen molar-refractivity contribution in [3.63, 3.8) is 0 Å². The van der Waals surface area contributed by atoms with Crippen LogP contribution in [0.4, 0.5) is 0 Å². The number of amides is 1. The van der Waals surface area contributed by atoms with Gasteiger partial charge in [0.05, 0.1) is 32.1 Å². The number of ether oxygens (including phenoxy) is 2. The van der Waals surface area contributed by atoms with E-state index in [1.807, 2.05) is 27.7 Å². The zero-order valence-corrected chi connectivity index (χ0v) is 23.0. The third-order valence-corrected chi connectivity index (χ3v) is 6.36. The monoisotopic (exact) mass is 531 g/mol. The second-order valence-electron chi connectivity index (χ2n) is 9.74. The first-order chi connectivity index (χ1) is 17.2. The summed E-state index contributed by atoms with van der Waals surface area (Å²) in [6, 6.07) is 6.35. The van der Waals surface area contributed by atoms with Gasteiger partial charge in [0.15, 0.2) is 17.3 Å². The molecule has 0 saturated carbocycles. The van der Waals surface area contributed by atoms with Crippen molar-refractivity contribution < 1.29 is 31.7 Å². The predicted molar refractivity (Wildman–Crippen MR) is 140 cm³/mol. The molecule has 1 aliphatic heterocycles. The first-order valence-electron chi connectivity index (χ1n) is 11.7. The summed E-state index contributed by atoms with van der Waals surface area (Å²) in [4.78, 5) is 27.4. The number of nitrogens with zero attached hydrogens (tertiary/aromatic N) is 1. The molecule has 0 bridgehead atoms. The summed E-state index contributed by atoms with van der Waals surface area (Å²) < 4.78 is 40.0. The van der Waals surface area contributed by atoms with Crippen LogP contribution >= 0.6 is 0 Å². The molecule has 11 heteroatoms. The van der Waals surface area contributed by atoms with Gasteiger partial charge in [-0.1, -0.05) is 20.8 Å². The Labute approximate surface area is 217 Å². The number of hydrogen-bond acceptors (Lipinski definition) is 8. The number of rotatable bonds is 9. The minimum absolute atomic E-state index is 0.0721. The van der Waals surface area contributed by atoms with Crippen LogP contribution in [0.3, 0.4) is 0 Å². The molecule has 1 aliphatic rings. The van der Waals surface area contributed by atoms with Crippen LogP contribution in [-0.4, -0.2) is 64.4 Å². The van der Waals surface area contributed by atoms with Crippen molar-refractivity contribution in [1.82, 2.24) is 10.2 Å². The zero-order valence-electron chi connectivity index (χ0n) is 22.1. The molecule has 2 N–H and O–H groups in total. The first-order valence-corrected chi connectivity index (χ1v) is 13.5. The highest BCUT2D eigenvalue weighted by molar-refractivity contribution is 7.86. The zero-order chi connectivity index (χ0) is 27.7. The highest BCUT2D eigenvalue weighted by atomic mass is 32.2. The van der Waals surface area contributed by atoms with Crippen LogP contribution in [0.15, 0.2) is 24.3 Å². The maximum Gasteiger partial charge on any atom is 0.306 e. The average Bonchev–Trinajstić information content (AvgIpc) is 3.10. The van der Waals surface area contributed by atoms with Gasteiger partial charge in [0, 0.05) is 30.3 Å². The topological polar surface area (TPSA) is 135 Å². The summed E-state index contributed by atoms with van der Waals surface area (Å²) in [6.45, 7) is 8.07. The van der Waals surface area contributed by atoms with Gasteiger partial charge in [0.25, 0.3) is 5.91 Å². The third-order valence-electron chi connectivity index (χ3n) is 5.87. The molecular formula is C26H33N3O7S. The molecule has 0 fully saturated rings. The largest absolute Gasteiger partial charge is 0.493 e. The number of carbonyl (C=O) groups excluding carboxylic acids is 2. The van der Waals surface area contributed by atoms with Gasteiger partial charge in [-0.15, -0.1) is 0 Å². The van der Waals surface area contributed by atoms with E-state index in [9.17, 15) is 18.0 Å². The fraction of sp³-hybridized carbons (Fsp3) is 0.423. The molecule has 0 saturated heterocycles. The minimum Gasteiger partial charge on any atom is -0.493 e. The van der Waals surface area contributed by atoms with Crippen LogP contribution in [0.25, 0.3) is 0 Å². The van der Waals surface area contributed by atoms with E-state index in [-0.39, 0.29) is 47.7 Å². The van der Waals surface area contributed by atoms with E-state index in [1.165, 1.54) is 20.2 Å². The Hall–Kier alpha value is -3.60. The molecule has 1 heterocycles. The summed E-state index contributed by atoms with van der Waals surface area (Å²) in [5.74, 6) is 0.0153. The van der Waals surface area contributed by atoms with Gasteiger partial charge in [0.2, 0.25) is 0 Å². The standard InChI is InChI=1S/C26H33N3O7S/c1-8-35-21-11-16-13-29(24(27)17(16)12-18(21)25(31)28-5)14-20(30)15-9-19(26(2,3)4)23(34-6)22(10-15)36-37(7,32)33/h9-12,27H,8,13-14H2,1-7H3,(H,28,31). The van der Waals surface area contributed by atoms with Crippen LogP contribution < -0.4 is 19.0 Å². The third kappa shape index (κ3) is 6.04. The van der Waals surface area contributed by atoms with Crippen molar-refractivity contribution in [3.8, 4) is 17.2 Å². The molecule has 37 heavy (non-hydrogen) atoms. The summed E-state index contributed by atoms with van der Waals surface area (Å²) >= 11 is 0. The van der Waals surface area contributed by atoms with E-state index in [0.717, 1.165) is 11.8 Å². The Morgan fingerprint density at radius 2 is 1.81 bits per heavy atom. The number of benzene rings is 2. The number of ketones is 1.